The van der Waals surface area contributed by atoms with E-state index in [-0.39, 0.29) is 12.0 Å². The van der Waals surface area contributed by atoms with E-state index in [2.05, 4.69) is 4.90 Å². The first-order valence-electron chi connectivity index (χ1n) is 5.80. The molecule has 0 aromatic heterocycles. The van der Waals surface area contributed by atoms with Crippen LogP contribution < -0.4 is 5.73 Å². The summed E-state index contributed by atoms with van der Waals surface area (Å²) in [6.45, 7) is 1.40. The van der Waals surface area contributed by atoms with E-state index in [1.165, 1.54) is 32.8 Å². The number of hydrogen-bond acceptors (Lipinski definition) is 4. The highest BCUT2D eigenvalue weighted by molar-refractivity contribution is 5.76. The van der Waals surface area contributed by atoms with Crippen LogP contribution in [0.15, 0.2) is 0 Å². The fourth-order valence-corrected chi connectivity index (χ4v) is 2.04. The maximum atomic E-state index is 11.6. The van der Waals surface area contributed by atoms with Crippen LogP contribution in [-0.4, -0.2) is 43.2 Å². The molecule has 0 radical (unpaired) electrons. The van der Waals surface area contributed by atoms with Gasteiger partial charge in [-0.2, -0.15) is 0 Å². The lowest BCUT2D eigenvalue weighted by Crippen LogP contribution is -2.48. The summed E-state index contributed by atoms with van der Waals surface area (Å²) in [6, 6.07) is 0.362. The lowest BCUT2D eigenvalue weighted by atomic mass is 10.2. The van der Waals surface area contributed by atoms with Crippen molar-refractivity contribution in [2.24, 2.45) is 11.7 Å². The summed E-state index contributed by atoms with van der Waals surface area (Å²) in [5.41, 5.74) is 5.67. The van der Waals surface area contributed by atoms with Crippen molar-refractivity contribution in [2.75, 3.05) is 20.2 Å². The number of nitrogens with zero attached hydrogens (tertiary/aromatic N) is 1. The molecular formula is C11H20N2O2. The van der Waals surface area contributed by atoms with Gasteiger partial charge in [0.05, 0.1) is 7.11 Å². The molecule has 86 valence electrons. The third kappa shape index (κ3) is 2.69. The van der Waals surface area contributed by atoms with Gasteiger partial charge in [-0.25, -0.2) is 0 Å². The summed E-state index contributed by atoms with van der Waals surface area (Å²) >= 11 is 0. The number of esters is 1. The highest BCUT2D eigenvalue weighted by atomic mass is 16.5. The molecule has 4 heteroatoms. The van der Waals surface area contributed by atoms with E-state index >= 15 is 0 Å². The summed E-state index contributed by atoms with van der Waals surface area (Å²) < 4.78 is 4.80. The Labute approximate surface area is 90.8 Å². The Morgan fingerprint density at radius 2 is 2.13 bits per heavy atom. The van der Waals surface area contributed by atoms with Gasteiger partial charge in [0.25, 0.3) is 0 Å². The molecule has 4 nitrogen and oxygen atoms in total. The smallest absolute Gasteiger partial charge is 0.324 e. The Bertz CT molecular complexity index is 237. The molecule has 0 amide bonds. The summed E-state index contributed by atoms with van der Waals surface area (Å²) in [7, 11) is 1.44. The van der Waals surface area contributed by atoms with Crippen molar-refractivity contribution in [2.45, 2.75) is 37.8 Å². The van der Waals surface area contributed by atoms with Crippen LogP contribution in [0, 0.1) is 5.92 Å². The minimum atomic E-state index is -0.219. The SMILES string of the molecule is COC(=O)C(CN)N(CC1CC1)C1CC1. The predicted molar refractivity (Wildman–Crippen MR) is 57.3 cm³/mol. The molecule has 2 fully saturated rings. The van der Waals surface area contributed by atoms with Crippen LogP contribution in [0.3, 0.4) is 0 Å². The molecule has 2 N–H and O–H groups in total. The van der Waals surface area contributed by atoms with E-state index in [0.29, 0.717) is 12.6 Å². The molecule has 0 aliphatic heterocycles. The number of ether oxygens (including phenoxy) is 1. The van der Waals surface area contributed by atoms with E-state index in [1.54, 1.807) is 0 Å². The Morgan fingerprint density at radius 3 is 2.53 bits per heavy atom. The minimum absolute atomic E-state index is 0.176. The molecule has 0 bridgehead atoms. The quantitative estimate of drug-likeness (QED) is 0.646. The Balaban J connectivity index is 1.95. The third-order valence-electron chi connectivity index (χ3n) is 3.28. The molecule has 2 saturated carbocycles. The Morgan fingerprint density at radius 1 is 1.47 bits per heavy atom. The zero-order chi connectivity index (χ0) is 10.8. The van der Waals surface area contributed by atoms with Gasteiger partial charge in [0.15, 0.2) is 0 Å². The molecule has 0 aromatic rings. The maximum Gasteiger partial charge on any atom is 0.324 e. The fourth-order valence-electron chi connectivity index (χ4n) is 2.04. The molecule has 0 aromatic carbocycles. The number of methoxy groups -OCH3 is 1. The number of rotatable bonds is 6. The number of carbonyl (C=O) groups excluding carboxylic acids is 1. The van der Waals surface area contributed by atoms with Crippen molar-refractivity contribution in [1.29, 1.82) is 0 Å². The second kappa shape index (κ2) is 4.49. The molecule has 0 saturated heterocycles. The largest absolute Gasteiger partial charge is 0.468 e. The molecular weight excluding hydrogens is 192 g/mol. The average molecular weight is 212 g/mol. The summed E-state index contributed by atoms with van der Waals surface area (Å²) in [6.07, 6.45) is 5.03. The maximum absolute atomic E-state index is 11.6. The number of hydrogen-bond donors (Lipinski definition) is 1. The Kier molecular flexibility index (Phi) is 3.26. The van der Waals surface area contributed by atoms with E-state index in [0.717, 1.165) is 12.5 Å². The summed E-state index contributed by atoms with van der Waals surface area (Å²) in [4.78, 5) is 13.8. The van der Waals surface area contributed by atoms with Gasteiger partial charge in [0, 0.05) is 19.1 Å². The van der Waals surface area contributed by atoms with Gasteiger partial charge in [-0.3, -0.25) is 9.69 Å². The standard InChI is InChI=1S/C11H20N2O2/c1-15-11(14)10(6-12)13(9-4-5-9)7-8-2-3-8/h8-10H,2-7,12H2,1H3. The van der Waals surface area contributed by atoms with Crippen molar-refractivity contribution >= 4 is 5.97 Å². The lowest BCUT2D eigenvalue weighted by Gasteiger charge is -2.28. The number of nitrogens with two attached hydrogens (primary N) is 1. The van der Waals surface area contributed by atoms with Gasteiger partial charge < -0.3 is 10.5 Å². The summed E-state index contributed by atoms with van der Waals surface area (Å²) in [5, 5.41) is 0. The topological polar surface area (TPSA) is 55.6 Å². The molecule has 1 unspecified atom stereocenters. The second-order valence-corrected chi connectivity index (χ2v) is 4.65. The first-order chi connectivity index (χ1) is 7.26. The van der Waals surface area contributed by atoms with Gasteiger partial charge in [0.1, 0.15) is 6.04 Å². The molecule has 0 heterocycles. The predicted octanol–water partition coefficient (Wildman–Crippen LogP) is 0.361. The molecule has 0 spiro atoms. The first-order valence-corrected chi connectivity index (χ1v) is 5.80. The van der Waals surface area contributed by atoms with E-state index in [9.17, 15) is 4.79 Å². The highest BCUT2D eigenvalue weighted by Gasteiger charge is 2.39. The monoisotopic (exact) mass is 212 g/mol. The molecule has 2 rings (SSSR count). The van der Waals surface area contributed by atoms with Crippen LogP contribution >= 0.6 is 0 Å². The van der Waals surface area contributed by atoms with Gasteiger partial charge in [-0.1, -0.05) is 0 Å². The molecule has 1 atom stereocenters. The molecule has 2 aliphatic rings. The van der Waals surface area contributed by atoms with Crippen LogP contribution in [0.2, 0.25) is 0 Å². The number of carbonyl (C=O) groups is 1. The van der Waals surface area contributed by atoms with Crippen molar-refractivity contribution in [3.8, 4) is 0 Å². The van der Waals surface area contributed by atoms with Crippen molar-refractivity contribution in [1.82, 2.24) is 4.90 Å². The van der Waals surface area contributed by atoms with E-state index in [1.807, 2.05) is 0 Å². The van der Waals surface area contributed by atoms with Crippen LogP contribution in [0.4, 0.5) is 0 Å². The van der Waals surface area contributed by atoms with Crippen LogP contribution in [-0.2, 0) is 9.53 Å². The molecule has 2 aliphatic carbocycles. The van der Waals surface area contributed by atoms with Gasteiger partial charge in [0.2, 0.25) is 0 Å². The zero-order valence-corrected chi connectivity index (χ0v) is 9.32. The van der Waals surface area contributed by atoms with Gasteiger partial charge in [-0.15, -0.1) is 0 Å². The fraction of sp³-hybridized carbons (Fsp3) is 0.909. The summed E-state index contributed by atoms with van der Waals surface area (Å²) in [5.74, 6) is 0.620. The highest BCUT2D eigenvalue weighted by Crippen LogP contribution is 2.35. The Hall–Kier alpha value is -0.610. The minimum Gasteiger partial charge on any atom is -0.468 e. The van der Waals surface area contributed by atoms with Gasteiger partial charge in [-0.05, 0) is 31.6 Å². The van der Waals surface area contributed by atoms with Crippen molar-refractivity contribution in [3.63, 3.8) is 0 Å². The van der Waals surface area contributed by atoms with Crippen LogP contribution in [0.5, 0.6) is 0 Å². The first kappa shape index (κ1) is 10.9. The second-order valence-electron chi connectivity index (χ2n) is 4.65. The third-order valence-corrected chi connectivity index (χ3v) is 3.28. The van der Waals surface area contributed by atoms with Crippen molar-refractivity contribution in [3.05, 3.63) is 0 Å². The van der Waals surface area contributed by atoms with E-state index in [4.69, 9.17) is 10.5 Å². The van der Waals surface area contributed by atoms with Crippen LogP contribution in [0.1, 0.15) is 25.7 Å². The average Bonchev–Trinajstić information content (AvgIpc) is 3.09. The molecule has 15 heavy (non-hydrogen) atoms. The zero-order valence-electron chi connectivity index (χ0n) is 9.32. The normalized spacial score (nSPS) is 22.9. The van der Waals surface area contributed by atoms with Crippen LogP contribution in [0.25, 0.3) is 0 Å². The van der Waals surface area contributed by atoms with E-state index < -0.39 is 0 Å². The van der Waals surface area contributed by atoms with Gasteiger partial charge >= 0.3 is 5.97 Å². The van der Waals surface area contributed by atoms with Crippen molar-refractivity contribution < 1.29 is 9.53 Å². The lowest BCUT2D eigenvalue weighted by molar-refractivity contribution is -0.147.